The molecule has 0 aliphatic carbocycles. The quantitative estimate of drug-likeness (QED) is 0.315. The number of anilines is 1. The molecule has 0 unspecified atom stereocenters. The topological polar surface area (TPSA) is 125 Å². The molecule has 1 heterocycles. The van der Waals surface area contributed by atoms with Gasteiger partial charge >= 0.3 is 0 Å². The van der Waals surface area contributed by atoms with Crippen LogP contribution < -0.4 is 9.46 Å². The first-order chi connectivity index (χ1) is 15.2. The number of sulfonamides is 1. The standard InChI is InChI=1S/C21H15ClFN3O5S/c22-15-6-1-2-7-18(15)31-19-11-24-25-21(19)14-9-20(17(28)10-16(14)27)32(29,30)26-13-5-3-4-12(23)8-13/h1-11,26-28H,(H,24,25). The fraction of sp³-hybridized carbons (Fsp3) is 0. The second-order valence-electron chi connectivity index (χ2n) is 6.59. The van der Waals surface area contributed by atoms with E-state index in [1.54, 1.807) is 24.3 Å². The van der Waals surface area contributed by atoms with Crippen LogP contribution in [0.1, 0.15) is 0 Å². The van der Waals surface area contributed by atoms with Crippen LogP contribution in [0.2, 0.25) is 5.02 Å². The molecule has 3 aromatic carbocycles. The van der Waals surface area contributed by atoms with Gasteiger partial charge in [0.05, 0.1) is 16.9 Å². The number of H-pyrrole nitrogens is 1. The van der Waals surface area contributed by atoms with Crippen molar-refractivity contribution >= 4 is 27.3 Å². The van der Waals surface area contributed by atoms with Gasteiger partial charge in [0.1, 0.15) is 33.7 Å². The molecule has 0 atom stereocenters. The molecule has 0 fully saturated rings. The van der Waals surface area contributed by atoms with Gasteiger partial charge in [-0.2, -0.15) is 5.10 Å². The highest BCUT2D eigenvalue weighted by Gasteiger charge is 2.24. The van der Waals surface area contributed by atoms with Gasteiger partial charge in [0.25, 0.3) is 10.0 Å². The summed E-state index contributed by atoms with van der Waals surface area (Å²) < 4.78 is 47.0. The molecule has 11 heteroatoms. The van der Waals surface area contributed by atoms with Crippen LogP contribution >= 0.6 is 11.6 Å². The summed E-state index contributed by atoms with van der Waals surface area (Å²) in [5.74, 6) is -1.31. The number of nitrogens with one attached hydrogen (secondary N) is 2. The van der Waals surface area contributed by atoms with E-state index in [0.29, 0.717) is 10.8 Å². The lowest BCUT2D eigenvalue weighted by molar-refractivity contribution is 0.440. The van der Waals surface area contributed by atoms with E-state index < -0.39 is 32.2 Å². The van der Waals surface area contributed by atoms with Crippen molar-refractivity contribution < 1.29 is 27.8 Å². The molecule has 0 aliphatic heterocycles. The van der Waals surface area contributed by atoms with Crippen LogP contribution in [0.25, 0.3) is 11.3 Å². The minimum absolute atomic E-state index is 0.0121. The second kappa shape index (κ2) is 8.40. The number of hydrogen-bond acceptors (Lipinski definition) is 6. The van der Waals surface area contributed by atoms with E-state index in [1.165, 1.54) is 18.3 Å². The predicted molar refractivity (Wildman–Crippen MR) is 116 cm³/mol. The Bertz CT molecular complexity index is 1410. The van der Waals surface area contributed by atoms with E-state index in [2.05, 4.69) is 14.9 Å². The van der Waals surface area contributed by atoms with Crippen LogP contribution in [-0.4, -0.2) is 28.8 Å². The lowest BCUT2D eigenvalue weighted by atomic mass is 10.1. The lowest BCUT2D eigenvalue weighted by Gasteiger charge is -2.13. The van der Waals surface area contributed by atoms with Crippen LogP contribution in [-0.2, 0) is 10.0 Å². The summed E-state index contributed by atoms with van der Waals surface area (Å²) in [4.78, 5) is -0.548. The molecule has 0 aliphatic rings. The summed E-state index contributed by atoms with van der Waals surface area (Å²) in [5, 5.41) is 27.4. The minimum Gasteiger partial charge on any atom is -0.507 e. The maximum atomic E-state index is 13.4. The number of aromatic nitrogens is 2. The van der Waals surface area contributed by atoms with Gasteiger partial charge in [-0.3, -0.25) is 9.82 Å². The summed E-state index contributed by atoms with van der Waals surface area (Å²) in [6.07, 6.45) is 1.32. The molecule has 4 rings (SSSR count). The van der Waals surface area contributed by atoms with Gasteiger partial charge in [-0.25, -0.2) is 12.8 Å². The monoisotopic (exact) mass is 475 g/mol. The highest BCUT2D eigenvalue weighted by molar-refractivity contribution is 7.92. The minimum atomic E-state index is -4.34. The number of phenols is 2. The average molecular weight is 476 g/mol. The number of benzene rings is 3. The van der Waals surface area contributed by atoms with Crippen LogP contribution in [0.4, 0.5) is 10.1 Å². The molecule has 4 N–H and O–H groups in total. The molecule has 164 valence electrons. The van der Waals surface area contributed by atoms with Gasteiger partial charge in [-0.05, 0) is 36.4 Å². The zero-order chi connectivity index (χ0) is 22.9. The molecule has 0 spiro atoms. The molecule has 0 amide bonds. The summed E-state index contributed by atoms with van der Waals surface area (Å²) in [5.41, 5.74) is 0.0925. The van der Waals surface area contributed by atoms with E-state index in [-0.39, 0.29) is 22.7 Å². The Morgan fingerprint density at radius 1 is 1.00 bits per heavy atom. The maximum absolute atomic E-state index is 13.4. The molecule has 1 aromatic heterocycles. The van der Waals surface area contributed by atoms with E-state index in [9.17, 15) is 23.0 Å². The number of aromatic hydroxyl groups is 2. The lowest BCUT2D eigenvalue weighted by Crippen LogP contribution is -2.13. The first-order valence-corrected chi connectivity index (χ1v) is 10.9. The van der Waals surface area contributed by atoms with Crippen molar-refractivity contribution in [3.8, 4) is 34.3 Å². The fourth-order valence-electron chi connectivity index (χ4n) is 2.93. The van der Waals surface area contributed by atoms with Gasteiger partial charge in [0.2, 0.25) is 0 Å². The number of phenolic OH excluding ortho intramolecular Hbond substituents is 2. The Morgan fingerprint density at radius 3 is 2.53 bits per heavy atom. The van der Waals surface area contributed by atoms with Crippen LogP contribution in [0.3, 0.4) is 0 Å². The fourth-order valence-corrected chi connectivity index (χ4v) is 4.26. The third-order valence-corrected chi connectivity index (χ3v) is 6.10. The Balaban J connectivity index is 1.74. The largest absolute Gasteiger partial charge is 0.507 e. The Kier molecular flexibility index (Phi) is 5.64. The van der Waals surface area contributed by atoms with E-state index in [4.69, 9.17) is 16.3 Å². The van der Waals surface area contributed by atoms with Gasteiger partial charge in [-0.1, -0.05) is 29.8 Å². The van der Waals surface area contributed by atoms with Crippen molar-refractivity contribution in [2.45, 2.75) is 4.90 Å². The normalized spacial score (nSPS) is 11.3. The van der Waals surface area contributed by atoms with E-state index >= 15 is 0 Å². The van der Waals surface area contributed by atoms with Crippen molar-refractivity contribution in [1.29, 1.82) is 0 Å². The zero-order valence-electron chi connectivity index (χ0n) is 16.1. The highest BCUT2D eigenvalue weighted by Crippen LogP contribution is 2.41. The molecule has 0 radical (unpaired) electrons. The zero-order valence-corrected chi connectivity index (χ0v) is 17.7. The molecule has 0 bridgehead atoms. The number of para-hydroxylation sites is 1. The van der Waals surface area contributed by atoms with Gasteiger partial charge in [0, 0.05) is 11.6 Å². The van der Waals surface area contributed by atoms with Gasteiger partial charge in [-0.15, -0.1) is 0 Å². The molecule has 32 heavy (non-hydrogen) atoms. The predicted octanol–water partition coefficient (Wildman–Crippen LogP) is 4.87. The van der Waals surface area contributed by atoms with Gasteiger partial charge in [0.15, 0.2) is 5.75 Å². The number of nitrogens with zero attached hydrogens (tertiary/aromatic N) is 1. The second-order valence-corrected chi connectivity index (χ2v) is 8.65. The number of rotatable bonds is 6. The smallest absolute Gasteiger partial charge is 0.265 e. The maximum Gasteiger partial charge on any atom is 0.265 e. The van der Waals surface area contributed by atoms with Crippen molar-refractivity contribution in [2.75, 3.05) is 4.72 Å². The molecule has 8 nitrogen and oxygen atoms in total. The van der Waals surface area contributed by atoms with Crippen LogP contribution in [0.5, 0.6) is 23.0 Å². The third-order valence-electron chi connectivity index (χ3n) is 4.37. The van der Waals surface area contributed by atoms with Crippen molar-refractivity contribution in [3.05, 3.63) is 77.7 Å². The Labute approximate surface area is 186 Å². The highest BCUT2D eigenvalue weighted by atomic mass is 35.5. The summed E-state index contributed by atoms with van der Waals surface area (Å²) in [6.45, 7) is 0. The van der Waals surface area contributed by atoms with E-state index in [1.807, 2.05) is 0 Å². The molecule has 4 aromatic rings. The average Bonchev–Trinajstić information content (AvgIpc) is 3.17. The summed E-state index contributed by atoms with van der Waals surface area (Å²) in [6, 6.07) is 13.4. The van der Waals surface area contributed by atoms with Gasteiger partial charge < -0.3 is 14.9 Å². The van der Waals surface area contributed by atoms with Crippen molar-refractivity contribution in [2.24, 2.45) is 0 Å². The number of aromatic amines is 1. The first kappa shape index (κ1) is 21.5. The molecule has 0 saturated carbocycles. The van der Waals surface area contributed by atoms with Crippen LogP contribution in [0, 0.1) is 5.82 Å². The third kappa shape index (κ3) is 4.32. The van der Waals surface area contributed by atoms with Crippen molar-refractivity contribution in [1.82, 2.24) is 10.2 Å². The molecule has 0 saturated heterocycles. The van der Waals surface area contributed by atoms with Crippen LogP contribution in [0.15, 0.2) is 71.8 Å². The van der Waals surface area contributed by atoms with Crippen molar-refractivity contribution in [3.63, 3.8) is 0 Å². The summed E-state index contributed by atoms with van der Waals surface area (Å²) in [7, 11) is -4.34. The molecular formula is C21H15ClFN3O5S. The Morgan fingerprint density at radius 2 is 1.78 bits per heavy atom. The SMILES string of the molecule is O=S(=O)(Nc1cccc(F)c1)c1cc(-c2[nH]ncc2Oc2ccccc2Cl)c(O)cc1O. The number of halogens is 2. The number of ether oxygens (including phenoxy) is 1. The Hall–Kier alpha value is -3.76. The van der Waals surface area contributed by atoms with E-state index in [0.717, 1.165) is 24.3 Å². The molecular weight excluding hydrogens is 461 g/mol. The first-order valence-electron chi connectivity index (χ1n) is 9.05. The summed E-state index contributed by atoms with van der Waals surface area (Å²) >= 11 is 6.11. The number of hydrogen-bond donors (Lipinski definition) is 4.